The third-order valence-electron chi connectivity index (χ3n) is 3.56. The summed E-state index contributed by atoms with van der Waals surface area (Å²) >= 11 is 0. The molecule has 0 aliphatic carbocycles. The van der Waals surface area contributed by atoms with Crippen LogP contribution in [0.2, 0.25) is 0 Å². The lowest BCUT2D eigenvalue weighted by Crippen LogP contribution is -2.00. The number of rotatable bonds is 4. The Bertz CT molecular complexity index is 864. The number of carbonyl (C=O) groups is 1. The fourth-order valence-corrected chi connectivity index (χ4v) is 2.30. The second kappa shape index (κ2) is 6.36. The fraction of sp³-hybridized carbons (Fsp3) is 0.111. The third-order valence-corrected chi connectivity index (χ3v) is 3.56. The minimum atomic E-state index is -0.340. The largest absolute Gasteiger partial charge is 0.497 e. The lowest BCUT2D eigenvalue weighted by Gasteiger charge is -1.99. The molecule has 0 unspecified atom stereocenters. The van der Waals surface area contributed by atoms with Crippen molar-refractivity contribution in [2.24, 2.45) is 0 Å². The molecule has 0 aliphatic rings. The van der Waals surface area contributed by atoms with E-state index in [1.54, 1.807) is 19.2 Å². The van der Waals surface area contributed by atoms with Crippen molar-refractivity contribution in [3.8, 4) is 5.75 Å². The van der Waals surface area contributed by atoms with Crippen LogP contribution in [0.3, 0.4) is 0 Å². The first-order valence-corrected chi connectivity index (χ1v) is 7.10. The smallest absolute Gasteiger partial charge is 0.337 e. The number of H-pyrrole nitrogens is 1. The minimum Gasteiger partial charge on any atom is -0.497 e. The second-order valence-electron chi connectivity index (χ2n) is 4.97. The first-order valence-electron chi connectivity index (χ1n) is 7.10. The van der Waals surface area contributed by atoms with Crippen LogP contribution in [0.5, 0.6) is 5.75 Å². The molecule has 5 nitrogen and oxygen atoms in total. The van der Waals surface area contributed by atoms with Crippen LogP contribution in [0.4, 0.5) is 0 Å². The minimum absolute atomic E-state index is 0.340. The van der Waals surface area contributed by atoms with Crippen LogP contribution in [0.15, 0.2) is 42.5 Å². The van der Waals surface area contributed by atoms with Crippen molar-refractivity contribution in [3.63, 3.8) is 0 Å². The Kier molecular flexibility index (Phi) is 4.10. The fourth-order valence-electron chi connectivity index (χ4n) is 2.30. The Balaban J connectivity index is 1.84. The summed E-state index contributed by atoms with van der Waals surface area (Å²) in [5, 5.41) is 8.31. The van der Waals surface area contributed by atoms with Gasteiger partial charge in [-0.15, -0.1) is 0 Å². The first kappa shape index (κ1) is 14.8. The molecule has 5 heteroatoms. The molecule has 0 amide bonds. The maximum Gasteiger partial charge on any atom is 0.337 e. The average molecular weight is 308 g/mol. The Hall–Kier alpha value is -3.08. The average Bonchev–Trinajstić information content (AvgIpc) is 3.01. The van der Waals surface area contributed by atoms with E-state index in [1.165, 1.54) is 7.11 Å². The van der Waals surface area contributed by atoms with Gasteiger partial charge in [0.15, 0.2) is 0 Å². The summed E-state index contributed by atoms with van der Waals surface area (Å²) < 4.78 is 9.88. The summed E-state index contributed by atoms with van der Waals surface area (Å²) in [6.45, 7) is 0. The van der Waals surface area contributed by atoms with Gasteiger partial charge in [0, 0.05) is 11.5 Å². The maximum atomic E-state index is 11.4. The van der Waals surface area contributed by atoms with E-state index in [4.69, 9.17) is 4.74 Å². The van der Waals surface area contributed by atoms with E-state index in [2.05, 4.69) is 14.9 Å². The van der Waals surface area contributed by atoms with E-state index < -0.39 is 0 Å². The molecular formula is C18H16N2O3. The predicted molar refractivity (Wildman–Crippen MR) is 89.4 cm³/mol. The molecule has 1 heterocycles. The maximum absolute atomic E-state index is 11.4. The molecule has 3 rings (SSSR count). The molecule has 23 heavy (non-hydrogen) atoms. The van der Waals surface area contributed by atoms with Gasteiger partial charge in [-0.3, -0.25) is 5.10 Å². The van der Waals surface area contributed by atoms with Crippen LogP contribution < -0.4 is 4.74 Å². The molecule has 0 aliphatic heterocycles. The number of esters is 1. The molecule has 0 spiro atoms. The van der Waals surface area contributed by atoms with E-state index in [-0.39, 0.29) is 5.97 Å². The molecule has 0 fully saturated rings. The van der Waals surface area contributed by atoms with Gasteiger partial charge in [-0.1, -0.05) is 18.2 Å². The van der Waals surface area contributed by atoms with Gasteiger partial charge in [-0.2, -0.15) is 5.10 Å². The number of carbonyl (C=O) groups excluding carboxylic acids is 1. The summed E-state index contributed by atoms with van der Waals surface area (Å²) in [6, 6.07) is 13.0. The van der Waals surface area contributed by atoms with Crippen molar-refractivity contribution in [2.45, 2.75) is 0 Å². The van der Waals surface area contributed by atoms with Gasteiger partial charge in [0.2, 0.25) is 0 Å². The Morgan fingerprint density at radius 3 is 2.57 bits per heavy atom. The molecule has 116 valence electrons. The van der Waals surface area contributed by atoms with Gasteiger partial charge >= 0.3 is 5.97 Å². The number of hydrogen-bond acceptors (Lipinski definition) is 4. The van der Waals surface area contributed by atoms with Crippen LogP contribution in [0.1, 0.15) is 21.6 Å². The molecule has 0 bridgehead atoms. The summed E-state index contributed by atoms with van der Waals surface area (Å²) in [6.07, 6.45) is 3.87. The topological polar surface area (TPSA) is 64.2 Å². The van der Waals surface area contributed by atoms with Gasteiger partial charge in [-0.25, -0.2) is 4.79 Å². The number of methoxy groups -OCH3 is 2. The Morgan fingerprint density at radius 1 is 1.09 bits per heavy atom. The number of nitrogens with zero attached hydrogens (tertiary/aromatic N) is 1. The van der Waals surface area contributed by atoms with E-state index in [0.29, 0.717) is 5.56 Å². The summed E-state index contributed by atoms with van der Waals surface area (Å²) in [4.78, 5) is 11.4. The molecule has 1 aromatic heterocycles. The number of nitrogens with one attached hydrogen (secondary N) is 1. The van der Waals surface area contributed by atoms with Crippen LogP contribution in [-0.2, 0) is 4.74 Å². The Labute approximate surface area is 133 Å². The number of aromatic nitrogens is 2. The van der Waals surface area contributed by atoms with Crippen LogP contribution >= 0.6 is 0 Å². The number of hydrogen-bond donors (Lipinski definition) is 1. The molecule has 0 saturated carbocycles. The summed E-state index contributed by atoms with van der Waals surface area (Å²) in [5.74, 6) is 0.447. The SMILES string of the molecule is COC(=O)c1ccc(C=Cc2n[nH]c3cc(OC)ccc23)cc1. The number of benzene rings is 2. The quantitative estimate of drug-likeness (QED) is 0.749. The van der Waals surface area contributed by atoms with E-state index in [0.717, 1.165) is 27.9 Å². The van der Waals surface area contributed by atoms with E-state index in [1.807, 2.05) is 42.5 Å². The van der Waals surface area contributed by atoms with E-state index in [9.17, 15) is 4.79 Å². The number of fused-ring (bicyclic) bond motifs is 1. The molecule has 3 aromatic rings. The lowest BCUT2D eigenvalue weighted by atomic mass is 10.1. The standard InChI is InChI=1S/C18H16N2O3/c1-22-14-8-9-15-16(19-20-17(15)11-14)10-5-12-3-6-13(7-4-12)18(21)23-2/h3-11H,1-2H3,(H,19,20). The molecular weight excluding hydrogens is 292 g/mol. The van der Waals surface area contributed by atoms with Gasteiger partial charge in [-0.05, 0) is 35.9 Å². The zero-order valence-electron chi connectivity index (χ0n) is 12.9. The van der Waals surface area contributed by atoms with Gasteiger partial charge in [0.1, 0.15) is 5.75 Å². The Morgan fingerprint density at radius 2 is 1.87 bits per heavy atom. The second-order valence-corrected chi connectivity index (χ2v) is 4.97. The van der Waals surface area contributed by atoms with Gasteiger partial charge in [0.05, 0.1) is 31.0 Å². The van der Waals surface area contributed by atoms with Crippen LogP contribution in [-0.4, -0.2) is 30.4 Å². The van der Waals surface area contributed by atoms with Crippen molar-refractivity contribution in [1.29, 1.82) is 0 Å². The zero-order valence-corrected chi connectivity index (χ0v) is 12.9. The molecule has 0 saturated heterocycles. The van der Waals surface area contributed by atoms with Crippen LogP contribution in [0, 0.1) is 0 Å². The van der Waals surface area contributed by atoms with Crippen molar-refractivity contribution in [1.82, 2.24) is 10.2 Å². The normalized spacial score (nSPS) is 11.0. The highest BCUT2D eigenvalue weighted by atomic mass is 16.5. The monoisotopic (exact) mass is 308 g/mol. The molecule has 1 N–H and O–H groups in total. The number of aromatic amines is 1. The van der Waals surface area contributed by atoms with Crippen molar-refractivity contribution >= 4 is 29.0 Å². The van der Waals surface area contributed by atoms with Crippen molar-refractivity contribution in [3.05, 3.63) is 59.3 Å². The summed E-state index contributed by atoms with van der Waals surface area (Å²) in [7, 11) is 3.00. The van der Waals surface area contributed by atoms with E-state index >= 15 is 0 Å². The van der Waals surface area contributed by atoms with Gasteiger partial charge < -0.3 is 9.47 Å². The predicted octanol–water partition coefficient (Wildman–Crippen LogP) is 3.53. The highest BCUT2D eigenvalue weighted by molar-refractivity contribution is 5.91. The molecule has 0 atom stereocenters. The highest BCUT2D eigenvalue weighted by Crippen LogP contribution is 2.22. The first-order chi connectivity index (χ1) is 11.2. The molecule has 0 radical (unpaired) electrons. The summed E-state index contributed by atoms with van der Waals surface area (Å²) in [5.41, 5.74) is 3.27. The highest BCUT2D eigenvalue weighted by Gasteiger charge is 2.05. The third kappa shape index (κ3) is 3.08. The van der Waals surface area contributed by atoms with Gasteiger partial charge in [0.25, 0.3) is 0 Å². The molecule has 2 aromatic carbocycles. The van der Waals surface area contributed by atoms with Crippen molar-refractivity contribution < 1.29 is 14.3 Å². The number of ether oxygens (including phenoxy) is 2. The van der Waals surface area contributed by atoms with Crippen molar-refractivity contribution in [2.75, 3.05) is 14.2 Å². The lowest BCUT2D eigenvalue weighted by molar-refractivity contribution is 0.0600. The van der Waals surface area contributed by atoms with Crippen LogP contribution in [0.25, 0.3) is 23.1 Å². The zero-order chi connectivity index (χ0) is 16.2.